The number of hydrogen-bond acceptors (Lipinski definition) is 1. The van der Waals surface area contributed by atoms with Gasteiger partial charge in [-0.3, -0.25) is 4.79 Å². The molecule has 0 radical (unpaired) electrons. The zero-order chi connectivity index (χ0) is 14.1. The molecule has 1 aliphatic heterocycles. The topological polar surface area (TPSA) is 25.2 Å². The maximum absolute atomic E-state index is 12.5. The maximum Gasteiger partial charge on any atom is 0.242 e. The van der Waals surface area contributed by atoms with E-state index in [1.807, 2.05) is 17.0 Å². The highest BCUT2D eigenvalue weighted by Crippen LogP contribution is 2.20. The van der Waals surface area contributed by atoms with Crippen LogP contribution in [0.3, 0.4) is 0 Å². The second kappa shape index (κ2) is 5.31. The van der Waals surface area contributed by atoms with Crippen LogP contribution in [0.1, 0.15) is 25.5 Å². The maximum atomic E-state index is 12.5. The van der Waals surface area contributed by atoms with Crippen LogP contribution in [0.4, 0.5) is 0 Å². The highest BCUT2D eigenvalue weighted by Gasteiger charge is 2.21. The number of aromatic nitrogens is 1. The summed E-state index contributed by atoms with van der Waals surface area (Å²) in [5.41, 5.74) is 2.31. The number of fused-ring (bicyclic) bond motifs is 1. The molecule has 1 atom stereocenters. The lowest BCUT2D eigenvalue weighted by atomic mass is 10.0. The molecule has 1 aromatic carbocycles. The number of hydrogen-bond donors (Lipinski definition) is 0. The lowest BCUT2D eigenvalue weighted by Gasteiger charge is -2.31. The number of benzene rings is 1. The predicted molar refractivity (Wildman–Crippen MR) is 81.7 cm³/mol. The molecule has 0 saturated carbocycles. The van der Waals surface area contributed by atoms with E-state index in [0.29, 0.717) is 12.5 Å². The number of nitrogens with zero attached hydrogens (tertiary/aromatic N) is 2. The molecule has 1 aromatic heterocycles. The molecule has 2 aromatic rings. The molecule has 3 heteroatoms. The molecular weight excluding hydrogens is 248 g/mol. The molecule has 0 spiro atoms. The summed E-state index contributed by atoms with van der Waals surface area (Å²) in [5.74, 6) is 0.885. The Morgan fingerprint density at radius 2 is 2.15 bits per heavy atom. The van der Waals surface area contributed by atoms with Crippen LogP contribution >= 0.6 is 0 Å². The molecule has 0 N–H and O–H groups in total. The van der Waals surface area contributed by atoms with E-state index in [-0.39, 0.29) is 5.91 Å². The van der Waals surface area contributed by atoms with Crippen LogP contribution in [0.25, 0.3) is 10.9 Å². The van der Waals surface area contributed by atoms with Crippen LogP contribution in [0.2, 0.25) is 0 Å². The average Bonchev–Trinajstić information content (AvgIpc) is 2.75. The van der Waals surface area contributed by atoms with E-state index in [4.69, 9.17) is 0 Å². The van der Waals surface area contributed by atoms with Gasteiger partial charge in [-0.15, -0.1) is 0 Å². The van der Waals surface area contributed by atoms with Gasteiger partial charge in [0, 0.05) is 24.3 Å². The van der Waals surface area contributed by atoms with Gasteiger partial charge in [-0.1, -0.05) is 25.1 Å². The summed E-state index contributed by atoms with van der Waals surface area (Å²) in [5, 5.41) is 1.21. The second-order valence-electron chi connectivity index (χ2n) is 6.02. The third kappa shape index (κ3) is 2.45. The first kappa shape index (κ1) is 13.2. The molecule has 0 bridgehead atoms. The van der Waals surface area contributed by atoms with Crippen LogP contribution in [-0.4, -0.2) is 28.5 Å². The molecule has 20 heavy (non-hydrogen) atoms. The quantitative estimate of drug-likeness (QED) is 0.822. The number of carbonyl (C=O) groups excluding carboxylic acids is 1. The Labute approximate surface area is 120 Å². The summed E-state index contributed by atoms with van der Waals surface area (Å²) in [4.78, 5) is 14.5. The normalized spacial score (nSPS) is 19.5. The van der Waals surface area contributed by atoms with Crippen LogP contribution in [0.5, 0.6) is 0 Å². The summed E-state index contributed by atoms with van der Waals surface area (Å²) in [6.07, 6.45) is 2.38. The molecule has 106 valence electrons. The van der Waals surface area contributed by atoms with Crippen molar-refractivity contribution in [2.75, 3.05) is 13.1 Å². The van der Waals surface area contributed by atoms with Crippen molar-refractivity contribution in [1.82, 2.24) is 9.47 Å². The standard InChI is InChI=1S/C17H22N2O/c1-13-6-5-9-18(11-13)17(20)12-19-14(2)10-15-7-3-4-8-16(15)19/h3-4,7-8,10,13H,5-6,9,11-12H2,1-2H3/t13-/m1/s1. The van der Waals surface area contributed by atoms with Crippen molar-refractivity contribution >= 4 is 16.8 Å². The molecule has 3 nitrogen and oxygen atoms in total. The third-order valence-electron chi connectivity index (χ3n) is 4.32. The zero-order valence-electron chi connectivity index (χ0n) is 12.3. The van der Waals surface area contributed by atoms with Crippen LogP contribution < -0.4 is 0 Å². The zero-order valence-corrected chi connectivity index (χ0v) is 12.3. The van der Waals surface area contributed by atoms with Gasteiger partial charge >= 0.3 is 0 Å². The van der Waals surface area contributed by atoms with Gasteiger partial charge in [-0.2, -0.15) is 0 Å². The van der Waals surface area contributed by atoms with Crippen molar-refractivity contribution in [3.05, 3.63) is 36.0 Å². The second-order valence-corrected chi connectivity index (χ2v) is 6.02. The predicted octanol–water partition coefficient (Wildman–Crippen LogP) is 3.21. The van der Waals surface area contributed by atoms with Crippen LogP contribution in [0, 0.1) is 12.8 Å². The summed E-state index contributed by atoms with van der Waals surface area (Å²) < 4.78 is 2.14. The highest BCUT2D eigenvalue weighted by molar-refractivity contribution is 5.84. The molecule has 2 heterocycles. The summed E-state index contributed by atoms with van der Waals surface area (Å²) in [6.45, 7) is 6.60. The van der Waals surface area contributed by atoms with Gasteiger partial charge in [0.05, 0.1) is 0 Å². The van der Waals surface area contributed by atoms with E-state index in [1.165, 1.54) is 11.8 Å². The van der Waals surface area contributed by atoms with E-state index in [1.54, 1.807) is 0 Å². The molecule has 1 amide bonds. The lowest BCUT2D eigenvalue weighted by Crippen LogP contribution is -2.40. The van der Waals surface area contributed by atoms with Gasteiger partial charge in [0.1, 0.15) is 6.54 Å². The number of aryl methyl sites for hydroxylation is 1. The number of rotatable bonds is 2. The van der Waals surface area contributed by atoms with Crippen LogP contribution in [-0.2, 0) is 11.3 Å². The molecule has 3 rings (SSSR count). The van der Waals surface area contributed by atoms with Gasteiger partial charge in [-0.05, 0) is 43.2 Å². The summed E-state index contributed by atoms with van der Waals surface area (Å²) >= 11 is 0. The van der Waals surface area contributed by atoms with E-state index < -0.39 is 0 Å². The number of amides is 1. The van der Waals surface area contributed by atoms with Gasteiger partial charge in [0.25, 0.3) is 0 Å². The first-order valence-corrected chi connectivity index (χ1v) is 7.48. The smallest absolute Gasteiger partial charge is 0.242 e. The van der Waals surface area contributed by atoms with Crippen molar-refractivity contribution in [2.24, 2.45) is 5.92 Å². The average molecular weight is 270 g/mol. The fourth-order valence-corrected chi connectivity index (χ4v) is 3.21. The minimum absolute atomic E-state index is 0.251. The molecule has 1 saturated heterocycles. The Hall–Kier alpha value is -1.77. The van der Waals surface area contributed by atoms with Gasteiger partial charge in [0.2, 0.25) is 5.91 Å². The Kier molecular flexibility index (Phi) is 3.51. The van der Waals surface area contributed by atoms with E-state index in [0.717, 1.165) is 30.7 Å². The molecule has 0 unspecified atom stereocenters. The number of para-hydroxylation sites is 1. The van der Waals surface area contributed by atoms with Gasteiger partial charge in [0.15, 0.2) is 0 Å². The molecule has 0 aliphatic carbocycles. The minimum atomic E-state index is 0.251. The third-order valence-corrected chi connectivity index (χ3v) is 4.32. The fraction of sp³-hybridized carbons (Fsp3) is 0.471. The largest absolute Gasteiger partial charge is 0.341 e. The number of carbonyl (C=O) groups is 1. The van der Waals surface area contributed by atoms with Gasteiger partial charge < -0.3 is 9.47 Å². The first-order valence-electron chi connectivity index (χ1n) is 7.48. The fourth-order valence-electron chi connectivity index (χ4n) is 3.21. The Balaban J connectivity index is 1.82. The summed E-state index contributed by atoms with van der Waals surface area (Å²) in [7, 11) is 0. The summed E-state index contributed by atoms with van der Waals surface area (Å²) in [6, 6.07) is 10.4. The number of likely N-dealkylation sites (tertiary alicyclic amines) is 1. The lowest BCUT2D eigenvalue weighted by molar-refractivity contribution is -0.133. The van der Waals surface area contributed by atoms with Crippen molar-refractivity contribution in [2.45, 2.75) is 33.2 Å². The Bertz CT molecular complexity index is 629. The molecule has 1 fully saturated rings. The van der Waals surface area contributed by atoms with E-state index in [9.17, 15) is 4.79 Å². The number of piperidine rings is 1. The van der Waals surface area contributed by atoms with Crippen molar-refractivity contribution in [3.63, 3.8) is 0 Å². The monoisotopic (exact) mass is 270 g/mol. The van der Waals surface area contributed by atoms with E-state index in [2.05, 4.69) is 36.6 Å². The van der Waals surface area contributed by atoms with Crippen molar-refractivity contribution < 1.29 is 4.79 Å². The van der Waals surface area contributed by atoms with E-state index >= 15 is 0 Å². The Morgan fingerprint density at radius 1 is 1.35 bits per heavy atom. The minimum Gasteiger partial charge on any atom is -0.341 e. The molecular formula is C17H22N2O. The first-order chi connectivity index (χ1) is 9.65. The highest BCUT2D eigenvalue weighted by atomic mass is 16.2. The van der Waals surface area contributed by atoms with Crippen molar-refractivity contribution in [3.8, 4) is 0 Å². The van der Waals surface area contributed by atoms with Gasteiger partial charge in [-0.25, -0.2) is 0 Å². The van der Waals surface area contributed by atoms with Crippen molar-refractivity contribution in [1.29, 1.82) is 0 Å². The SMILES string of the molecule is Cc1cc2ccccc2n1CC(=O)N1CCC[C@@H](C)C1. The van der Waals surface area contributed by atoms with Crippen LogP contribution in [0.15, 0.2) is 30.3 Å². The Morgan fingerprint density at radius 3 is 2.95 bits per heavy atom. The molecule has 1 aliphatic rings.